The molecule has 1 aliphatic rings. The number of anilines is 3. The van der Waals surface area contributed by atoms with E-state index < -0.39 is 0 Å². The number of nitrogens with one attached hydrogen (secondary N) is 2. The minimum Gasteiger partial charge on any atom is -0.354 e. The van der Waals surface area contributed by atoms with Crippen molar-refractivity contribution in [1.29, 1.82) is 0 Å². The SMILES string of the molecule is CC(C)n1c(Nc2ccccc2F)nc2cnc(NCC3CC3)nc21. The summed E-state index contributed by atoms with van der Waals surface area (Å²) in [5, 5.41) is 6.37. The summed E-state index contributed by atoms with van der Waals surface area (Å²) in [4.78, 5) is 13.5. The first kappa shape index (κ1) is 15.8. The fourth-order valence-corrected chi connectivity index (χ4v) is 2.79. The standard InChI is InChI=1S/C18H21FN6/c1-11(2)25-16-15(10-21-17(24-16)20-9-12-7-8-12)23-18(25)22-14-6-4-3-5-13(14)19/h3-6,10-12H,7-9H2,1-2H3,(H,22,23)(H,20,21,24). The van der Waals surface area contributed by atoms with E-state index in [1.807, 2.05) is 18.4 Å². The second-order valence-corrected chi connectivity index (χ2v) is 6.73. The van der Waals surface area contributed by atoms with E-state index >= 15 is 0 Å². The molecule has 1 aliphatic carbocycles. The van der Waals surface area contributed by atoms with E-state index in [0.29, 0.717) is 23.1 Å². The van der Waals surface area contributed by atoms with Crippen LogP contribution in [0.4, 0.5) is 22.0 Å². The van der Waals surface area contributed by atoms with Crippen molar-refractivity contribution in [3.05, 3.63) is 36.3 Å². The van der Waals surface area contributed by atoms with Crippen LogP contribution in [0.15, 0.2) is 30.5 Å². The number of fused-ring (bicyclic) bond motifs is 1. The van der Waals surface area contributed by atoms with E-state index in [9.17, 15) is 4.39 Å². The summed E-state index contributed by atoms with van der Waals surface area (Å²) in [5.74, 6) is 1.60. The maximum atomic E-state index is 14.0. The number of nitrogens with zero attached hydrogens (tertiary/aromatic N) is 4. The Morgan fingerprint density at radius 2 is 2.04 bits per heavy atom. The average molecular weight is 340 g/mol. The van der Waals surface area contributed by atoms with Crippen molar-refractivity contribution < 1.29 is 4.39 Å². The maximum Gasteiger partial charge on any atom is 0.224 e. The van der Waals surface area contributed by atoms with Crippen molar-refractivity contribution in [2.75, 3.05) is 17.2 Å². The van der Waals surface area contributed by atoms with E-state index in [4.69, 9.17) is 0 Å². The molecule has 2 heterocycles. The average Bonchev–Trinajstić information content (AvgIpc) is 3.34. The Kier molecular flexibility index (Phi) is 3.99. The molecule has 4 rings (SSSR count). The number of para-hydroxylation sites is 1. The van der Waals surface area contributed by atoms with Crippen molar-refractivity contribution in [1.82, 2.24) is 19.5 Å². The molecule has 7 heteroatoms. The summed E-state index contributed by atoms with van der Waals surface area (Å²) < 4.78 is 15.9. The predicted octanol–water partition coefficient (Wildman–Crippen LogP) is 4.11. The lowest BCUT2D eigenvalue weighted by atomic mass is 10.3. The molecule has 2 aromatic heterocycles. The van der Waals surface area contributed by atoms with Gasteiger partial charge in [0.05, 0.1) is 11.9 Å². The van der Waals surface area contributed by atoms with Crippen LogP contribution < -0.4 is 10.6 Å². The number of imidazole rings is 1. The zero-order valence-corrected chi connectivity index (χ0v) is 14.3. The molecule has 0 atom stereocenters. The molecular formula is C18H21FN6. The molecule has 1 saturated carbocycles. The molecule has 0 spiro atoms. The van der Waals surface area contributed by atoms with Crippen LogP contribution in [0.3, 0.4) is 0 Å². The first-order valence-corrected chi connectivity index (χ1v) is 8.62. The van der Waals surface area contributed by atoms with Gasteiger partial charge < -0.3 is 10.6 Å². The van der Waals surface area contributed by atoms with E-state index in [1.165, 1.54) is 18.9 Å². The molecule has 1 aromatic carbocycles. The molecule has 3 aromatic rings. The number of hydrogen-bond donors (Lipinski definition) is 2. The highest BCUT2D eigenvalue weighted by molar-refractivity contribution is 5.76. The zero-order chi connectivity index (χ0) is 17.4. The fraction of sp³-hybridized carbons (Fsp3) is 0.389. The molecule has 0 radical (unpaired) electrons. The summed E-state index contributed by atoms with van der Waals surface area (Å²) >= 11 is 0. The van der Waals surface area contributed by atoms with Crippen molar-refractivity contribution >= 4 is 28.7 Å². The smallest absolute Gasteiger partial charge is 0.224 e. The lowest BCUT2D eigenvalue weighted by Crippen LogP contribution is -2.10. The Hall–Kier alpha value is -2.70. The maximum absolute atomic E-state index is 14.0. The monoisotopic (exact) mass is 340 g/mol. The van der Waals surface area contributed by atoms with Crippen LogP contribution in [-0.4, -0.2) is 26.1 Å². The van der Waals surface area contributed by atoms with E-state index in [1.54, 1.807) is 24.4 Å². The largest absolute Gasteiger partial charge is 0.354 e. The number of benzene rings is 1. The van der Waals surface area contributed by atoms with Gasteiger partial charge in [-0.05, 0) is 44.7 Å². The molecular weight excluding hydrogens is 319 g/mol. The second kappa shape index (κ2) is 6.31. The molecule has 0 bridgehead atoms. The predicted molar refractivity (Wildman–Crippen MR) is 96.6 cm³/mol. The van der Waals surface area contributed by atoms with Crippen LogP contribution >= 0.6 is 0 Å². The number of rotatable bonds is 6. The minimum absolute atomic E-state index is 0.116. The van der Waals surface area contributed by atoms with Gasteiger partial charge in [-0.1, -0.05) is 12.1 Å². The normalized spacial score (nSPS) is 14.2. The summed E-state index contributed by atoms with van der Waals surface area (Å²) in [7, 11) is 0. The highest BCUT2D eigenvalue weighted by Crippen LogP contribution is 2.29. The van der Waals surface area contributed by atoms with Gasteiger partial charge in [0, 0.05) is 12.6 Å². The molecule has 0 amide bonds. The summed E-state index contributed by atoms with van der Waals surface area (Å²) in [6.45, 7) is 5.00. The molecule has 25 heavy (non-hydrogen) atoms. The third-order valence-electron chi connectivity index (χ3n) is 4.32. The summed E-state index contributed by atoms with van der Waals surface area (Å²) in [5.41, 5.74) is 1.81. The Morgan fingerprint density at radius 3 is 2.76 bits per heavy atom. The first-order chi connectivity index (χ1) is 12.1. The topological polar surface area (TPSA) is 67.7 Å². The van der Waals surface area contributed by atoms with Gasteiger partial charge >= 0.3 is 0 Å². The third-order valence-corrected chi connectivity index (χ3v) is 4.32. The quantitative estimate of drug-likeness (QED) is 0.707. The van der Waals surface area contributed by atoms with Crippen LogP contribution in [0.25, 0.3) is 11.2 Å². The molecule has 0 unspecified atom stereocenters. The Bertz CT molecular complexity index is 900. The molecule has 1 fully saturated rings. The number of aromatic nitrogens is 4. The lowest BCUT2D eigenvalue weighted by molar-refractivity contribution is 0.615. The highest BCUT2D eigenvalue weighted by atomic mass is 19.1. The van der Waals surface area contributed by atoms with Crippen LogP contribution in [0.1, 0.15) is 32.7 Å². The zero-order valence-electron chi connectivity index (χ0n) is 14.3. The first-order valence-electron chi connectivity index (χ1n) is 8.62. The van der Waals surface area contributed by atoms with Crippen molar-refractivity contribution in [2.24, 2.45) is 5.92 Å². The van der Waals surface area contributed by atoms with E-state index in [-0.39, 0.29) is 11.9 Å². The third kappa shape index (κ3) is 3.26. The summed E-state index contributed by atoms with van der Waals surface area (Å²) in [6, 6.07) is 6.67. The molecule has 2 N–H and O–H groups in total. The van der Waals surface area contributed by atoms with Crippen molar-refractivity contribution in [3.63, 3.8) is 0 Å². The van der Waals surface area contributed by atoms with Crippen molar-refractivity contribution in [2.45, 2.75) is 32.7 Å². The number of halogens is 1. The van der Waals surface area contributed by atoms with Gasteiger partial charge in [-0.15, -0.1) is 0 Å². The van der Waals surface area contributed by atoms with Crippen LogP contribution in [-0.2, 0) is 0 Å². The van der Waals surface area contributed by atoms with Crippen LogP contribution in [0.5, 0.6) is 0 Å². The Labute approximate surface area is 145 Å². The molecule has 0 aliphatic heterocycles. The highest BCUT2D eigenvalue weighted by Gasteiger charge is 2.22. The Morgan fingerprint density at radius 1 is 1.24 bits per heavy atom. The van der Waals surface area contributed by atoms with Gasteiger partial charge in [-0.3, -0.25) is 4.57 Å². The van der Waals surface area contributed by atoms with Gasteiger partial charge in [0.25, 0.3) is 0 Å². The van der Waals surface area contributed by atoms with Gasteiger partial charge in [-0.25, -0.2) is 14.4 Å². The molecule has 0 saturated heterocycles. The van der Waals surface area contributed by atoms with Crippen LogP contribution in [0, 0.1) is 11.7 Å². The second-order valence-electron chi connectivity index (χ2n) is 6.73. The minimum atomic E-state index is -0.317. The fourth-order valence-electron chi connectivity index (χ4n) is 2.79. The summed E-state index contributed by atoms with van der Waals surface area (Å²) in [6.07, 6.45) is 4.26. The molecule has 6 nitrogen and oxygen atoms in total. The van der Waals surface area contributed by atoms with Gasteiger partial charge in [0.15, 0.2) is 5.65 Å². The Balaban J connectivity index is 1.70. The molecule has 130 valence electrons. The van der Waals surface area contributed by atoms with Crippen molar-refractivity contribution in [3.8, 4) is 0 Å². The van der Waals surface area contributed by atoms with Gasteiger partial charge in [-0.2, -0.15) is 4.98 Å². The lowest BCUT2D eigenvalue weighted by Gasteiger charge is -2.14. The van der Waals surface area contributed by atoms with Gasteiger partial charge in [0.2, 0.25) is 11.9 Å². The van der Waals surface area contributed by atoms with E-state index in [0.717, 1.165) is 18.1 Å². The van der Waals surface area contributed by atoms with Gasteiger partial charge in [0.1, 0.15) is 11.3 Å². The van der Waals surface area contributed by atoms with Crippen LogP contribution in [0.2, 0.25) is 0 Å². The number of hydrogen-bond acceptors (Lipinski definition) is 5. The van der Waals surface area contributed by atoms with E-state index in [2.05, 4.69) is 25.6 Å².